The number of aryl methyl sites for hydroxylation is 1. The van der Waals surface area contributed by atoms with Gasteiger partial charge in [0.1, 0.15) is 0 Å². The highest BCUT2D eigenvalue weighted by Crippen LogP contribution is 1.97. The molecule has 2 N–H and O–H groups in total. The molecule has 1 nitrogen and oxygen atoms in total. The molecular formula is C16H31N. The molecule has 1 aromatic carbocycles. The second-order valence-corrected chi connectivity index (χ2v) is 3.80. The van der Waals surface area contributed by atoms with Crippen molar-refractivity contribution in [3.05, 3.63) is 35.9 Å². The van der Waals surface area contributed by atoms with Gasteiger partial charge in [-0.2, -0.15) is 0 Å². The van der Waals surface area contributed by atoms with Crippen molar-refractivity contribution in [3.63, 3.8) is 0 Å². The van der Waals surface area contributed by atoms with Gasteiger partial charge in [0.15, 0.2) is 0 Å². The molecule has 0 spiro atoms. The Kier molecular flexibility index (Phi) is 16.6. The molecular weight excluding hydrogens is 206 g/mol. The van der Waals surface area contributed by atoms with Gasteiger partial charge >= 0.3 is 0 Å². The number of hydrogen-bond acceptors (Lipinski definition) is 1. The summed E-state index contributed by atoms with van der Waals surface area (Å²) in [6, 6.07) is 10.9. The van der Waals surface area contributed by atoms with E-state index in [4.69, 9.17) is 5.73 Å². The second kappa shape index (κ2) is 15.2. The van der Waals surface area contributed by atoms with Crippen molar-refractivity contribution >= 4 is 0 Å². The monoisotopic (exact) mass is 237 g/mol. The lowest BCUT2D eigenvalue weighted by Gasteiger charge is -2.03. The molecule has 1 heteroatoms. The fraction of sp³-hybridized carbons (Fsp3) is 0.625. The van der Waals surface area contributed by atoms with Gasteiger partial charge in [-0.15, -0.1) is 0 Å². The predicted octanol–water partition coefficient (Wildman–Crippen LogP) is 4.80. The maximum Gasteiger partial charge on any atom is 0.00361 e. The van der Waals surface area contributed by atoms with Crippen LogP contribution in [0, 0.1) is 0 Å². The Morgan fingerprint density at radius 3 is 1.76 bits per heavy atom. The zero-order valence-corrected chi connectivity index (χ0v) is 12.4. The van der Waals surface area contributed by atoms with Crippen molar-refractivity contribution < 1.29 is 0 Å². The van der Waals surface area contributed by atoms with Gasteiger partial charge in [0.05, 0.1) is 0 Å². The summed E-state index contributed by atoms with van der Waals surface area (Å²) in [5.41, 5.74) is 6.99. The molecule has 0 radical (unpaired) electrons. The highest BCUT2D eigenvalue weighted by Gasteiger charge is 1.92. The van der Waals surface area contributed by atoms with Gasteiger partial charge in [0, 0.05) is 6.04 Å². The largest absolute Gasteiger partial charge is 0.328 e. The minimum absolute atomic E-state index is 0.449. The van der Waals surface area contributed by atoms with Crippen LogP contribution < -0.4 is 5.73 Å². The average molecular weight is 237 g/mol. The van der Waals surface area contributed by atoms with Gasteiger partial charge in [0.2, 0.25) is 0 Å². The van der Waals surface area contributed by atoms with Crippen LogP contribution in [0.5, 0.6) is 0 Å². The molecule has 0 bridgehead atoms. The molecule has 0 heterocycles. The summed E-state index contributed by atoms with van der Waals surface area (Å²) in [6.45, 7) is 10.4. The van der Waals surface area contributed by atoms with E-state index in [9.17, 15) is 0 Å². The maximum atomic E-state index is 5.58. The van der Waals surface area contributed by atoms with Crippen LogP contribution >= 0.6 is 0 Å². The summed E-state index contributed by atoms with van der Waals surface area (Å²) < 4.78 is 0. The Labute approximate surface area is 108 Å². The van der Waals surface area contributed by atoms with Crippen LogP contribution in [-0.2, 0) is 6.42 Å². The molecule has 1 unspecified atom stereocenters. The van der Waals surface area contributed by atoms with E-state index >= 15 is 0 Å². The fourth-order valence-electron chi connectivity index (χ4n) is 1.29. The third-order valence-electron chi connectivity index (χ3n) is 2.43. The van der Waals surface area contributed by atoms with Gasteiger partial charge < -0.3 is 5.73 Å². The quantitative estimate of drug-likeness (QED) is 0.800. The summed E-state index contributed by atoms with van der Waals surface area (Å²) in [6.07, 6.45) is 4.65. The zero-order valence-electron chi connectivity index (χ0n) is 12.4. The standard InChI is InChI=1S/C8H10.C6H15N.C2H6/c1-2-8-6-4-3-5-7-8;1-3-5-6(7)4-2;1-2/h3-7H,2H2,1H3;6H,3-5,7H2,1-2H3;1-2H3. The van der Waals surface area contributed by atoms with Crippen LogP contribution in [0.1, 0.15) is 59.4 Å². The number of rotatable bonds is 4. The Balaban J connectivity index is 0. The van der Waals surface area contributed by atoms with Crippen molar-refractivity contribution in [2.45, 2.75) is 66.3 Å². The lowest BCUT2D eigenvalue weighted by Crippen LogP contribution is -2.17. The average Bonchev–Trinajstić information content (AvgIpc) is 2.43. The normalized spacial score (nSPS) is 10.5. The number of nitrogens with two attached hydrogens (primary N) is 1. The SMILES string of the molecule is CC.CCCC(N)CC.CCc1ccccc1. The van der Waals surface area contributed by atoms with Crippen LogP contribution in [-0.4, -0.2) is 6.04 Å². The maximum absolute atomic E-state index is 5.58. The molecule has 1 rings (SSSR count). The van der Waals surface area contributed by atoms with E-state index in [-0.39, 0.29) is 0 Å². The molecule has 0 saturated heterocycles. The van der Waals surface area contributed by atoms with Gasteiger partial charge in [-0.25, -0.2) is 0 Å². The Morgan fingerprint density at radius 1 is 1.00 bits per heavy atom. The predicted molar refractivity (Wildman–Crippen MR) is 80.3 cm³/mol. The van der Waals surface area contributed by atoms with E-state index in [1.807, 2.05) is 19.9 Å². The summed E-state index contributed by atoms with van der Waals surface area (Å²) in [7, 11) is 0. The van der Waals surface area contributed by atoms with Crippen LogP contribution in [0.4, 0.5) is 0 Å². The first-order valence-electron chi connectivity index (χ1n) is 7.04. The molecule has 0 amide bonds. The number of hydrogen-bond donors (Lipinski definition) is 1. The molecule has 0 aliphatic heterocycles. The molecule has 1 atom stereocenters. The van der Waals surface area contributed by atoms with Crippen LogP contribution in [0.15, 0.2) is 30.3 Å². The van der Waals surface area contributed by atoms with Crippen LogP contribution in [0.25, 0.3) is 0 Å². The molecule has 0 aromatic heterocycles. The van der Waals surface area contributed by atoms with Crippen LogP contribution in [0.2, 0.25) is 0 Å². The fourth-order valence-corrected chi connectivity index (χ4v) is 1.29. The van der Waals surface area contributed by atoms with Crippen molar-refractivity contribution in [2.75, 3.05) is 0 Å². The highest BCUT2D eigenvalue weighted by atomic mass is 14.6. The Hall–Kier alpha value is -0.820. The smallest absolute Gasteiger partial charge is 0.00361 e. The summed E-state index contributed by atoms with van der Waals surface area (Å²) in [5, 5.41) is 0. The molecule has 0 saturated carbocycles. The van der Waals surface area contributed by atoms with E-state index in [0.717, 1.165) is 12.8 Å². The highest BCUT2D eigenvalue weighted by molar-refractivity contribution is 5.13. The van der Waals surface area contributed by atoms with E-state index in [1.54, 1.807) is 0 Å². The van der Waals surface area contributed by atoms with Crippen molar-refractivity contribution in [1.82, 2.24) is 0 Å². The summed E-state index contributed by atoms with van der Waals surface area (Å²) in [5.74, 6) is 0. The van der Waals surface area contributed by atoms with Crippen molar-refractivity contribution in [2.24, 2.45) is 5.73 Å². The third-order valence-corrected chi connectivity index (χ3v) is 2.43. The summed E-state index contributed by atoms with van der Waals surface area (Å²) in [4.78, 5) is 0. The second-order valence-electron chi connectivity index (χ2n) is 3.80. The van der Waals surface area contributed by atoms with Gasteiger partial charge in [-0.1, -0.05) is 71.4 Å². The first kappa shape index (κ1) is 18.5. The summed E-state index contributed by atoms with van der Waals surface area (Å²) >= 11 is 0. The molecule has 0 aliphatic rings. The van der Waals surface area contributed by atoms with Gasteiger partial charge in [-0.3, -0.25) is 0 Å². The Bertz CT molecular complexity index is 218. The van der Waals surface area contributed by atoms with Crippen LogP contribution in [0.3, 0.4) is 0 Å². The first-order valence-corrected chi connectivity index (χ1v) is 7.04. The van der Waals surface area contributed by atoms with E-state index in [0.29, 0.717) is 6.04 Å². The van der Waals surface area contributed by atoms with Gasteiger partial charge in [-0.05, 0) is 24.8 Å². The van der Waals surface area contributed by atoms with E-state index in [1.165, 1.54) is 18.4 Å². The minimum atomic E-state index is 0.449. The lowest BCUT2D eigenvalue weighted by atomic mass is 10.1. The molecule has 1 aromatic rings. The minimum Gasteiger partial charge on any atom is -0.328 e. The Morgan fingerprint density at radius 2 is 1.53 bits per heavy atom. The molecule has 0 aliphatic carbocycles. The van der Waals surface area contributed by atoms with E-state index in [2.05, 4.69) is 45.0 Å². The van der Waals surface area contributed by atoms with Crippen molar-refractivity contribution in [1.29, 1.82) is 0 Å². The third kappa shape index (κ3) is 13.1. The number of benzene rings is 1. The molecule has 17 heavy (non-hydrogen) atoms. The van der Waals surface area contributed by atoms with Crippen molar-refractivity contribution in [3.8, 4) is 0 Å². The molecule has 100 valence electrons. The zero-order chi connectivity index (χ0) is 13.5. The molecule has 0 fully saturated rings. The lowest BCUT2D eigenvalue weighted by molar-refractivity contribution is 0.587. The first-order chi connectivity index (χ1) is 8.24. The topological polar surface area (TPSA) is 26.0 Å². The van der Waals surface area contributed by atoms with E-state index < -0.39 is 0 Å². The van der Waals surface area contributed by atoms with Gasteiger partial charge in [0.25, 0.3) is 0 Å².